The Labute approximate surface area is 83.9 Å². The van der Waals surface area contributed by atoms with Gasteiger partial charge in [0, 0.05) is 15.4 Å². The van der Waals surface area contributed by atoms with E-state index in [9.17, 15) is 0 Å². The zero-order valence-electron chi connectivity index (χ0n) is 7.13. The Morgan fingerprint density at radius 3 is 3.08 bits per heavy atom. The van der Waals surface area contributed by atoms with Crippen LogP contribution in [0, 0.1) is 6.92 Å². The number of aliphatic hydroxyl groups excluding tert-OH is 1. The highest BCUT2D eigenvalue weighted by molar-refractivity contribution is 9.10. The third-order valence-corrected chi connectivity index (χ3v) is 2.86. The molecule has 2 aromatic rings. The molecule has 1 heterocycles. The van der Waals surface area contributed by atoms with Gasteiger partial charge in [-0.05, 0) is 18.6 Å². The summed E-state index contributed by atoms with van der Waals surface area (Å²) < 4.78 is 0.932. The number of nitrogens with zero attached hydrogens (tertiary/aromatic N) is 1. The van der Waals surface area contributed by atoms with Gasteiger partial charge in [0.25, 0.3) is 0 Å². The van der Waals surface area contributed by atoms with E-state index >= 15 is 0 Å². The van der Waals surface area contributed by atoms with Crippen molar-refractivity contribution in [2.45, 2.75) is 13.5 Å². The van der Waals surface area contributed by atoms with Gasteiger partial charge in [-0.3, -0.25) is 5.10 Å². The van der Waals surface area contributed by atoms with E-state index in [2.05, 4.69) is 26.1 Å². The molecule has 2 rings (SSSR count). The molecule has 0 radical (unpaired) electrons. The summed E-state index contributed by atoms with van der Waals surface area (Å²) in [6.45, 7) is 2.03. The fourth-order valence-corrected chi connectivity index (χ4v) is 2.14. The number of aromatic nitrogens is 2. The van der Waals surface area contributed by atoms with Crippen molar-refractivity contribution in [3.05, 3.63) is 27.9 Å². The maximum Gasteiger partial charge on any atom is 0.0700 e. The first-order valence-corrected chi connectivity index (χ1v) is 4.75. The minimum Gasteiger partial charge on any atom is -0.392 e. The van der Waals surface area contributed by atoms with Gasteiger partial charge in [0.15, 0.2) is 0 Å². The monoisotopic (exact) mass is 240 g/mol. The van der Waals surface area contributed by atoms with Crippen LogP contribution in [-0.4, -0.2) is 15.3 Å². The molecule has 3 nitrogen and oxygen atoms in total. The topological polar surface area (TPSA) is 48.9 Å². The molecule has 0 aliphatic rings. The molecule has 0 spiro atoms. The van der Waals surface area contributed by atoms with Crippen LogP contribution in [0.25, 0.3) is 10.9 Å². The van der Waals surface area contributed by atoms with Crippen LogP contribution < -0.4 is 0 Å². The first kappa shape index (κ1) is 8.72. The second-order valence-electron chi connectivity index (χ2n) is 2.97. The van der Waals surface area contributed by atoms with E-state index in [1.165, 1.54) is 0 Å². The van der Waals surface area contributed by atoms with E-state index in [-0.39, 0.29) is 6.61 Å². The Balaban J connectivity index is 2.88. The number of aryl methyl sites for hydroxylation is 1. The molecule has 1 aromatic heterocycles. The van der Waals surface area contributed by atoms with Crippen LogP contribution in [-0.2, 0) is 6.61 Å². The first-order chi connectivity index (χ1) is 6.24. The minimum absolute atomic E-state index is 0.0247. The third kappa shape index (κ3) is 1.26. The molecule has 13 heavy (non-hydrogen) atoms. The van der Waals surface area contributed by atoms with Gasteiger partial charge < -0.3 is 5.11 Å². The summed E-state index contributed by atoms with van der Waals surface area (Å²) in [5.74, 6) is 0. The van der Waals surface area contributed by atoms with Gasteiger partial charge in [0.2, 0.25) is 0 Å². The molecule has 1 aromatic carbocycles. The van der Waals surface area contributed by atoms with Crippen LogP contribution in [0.2, 0.25) is 0 Å². The summed E-state index contributed by atoms with van der Waals surface area (Å²) >= 11 is 3.41. The number of rotatable bonds is 1. The van der Waals surface area contributed by atoms with E-state index in [1.54, 1.807) is 6.20 Å². The molecule has 68 valence electrons. The van der Waals surface area contributed by atoms with Crippen molar-refractivity contribution in [1.82, 2.24) is 10.2 Å². The van der Waals surface area contributed by atoms with Crippen LogP contribution in [0.4, 0.5) is 0 Å². The van der Waals surface area contributed by atoms with Crippen molar-refractivity contribution in [3.8, 4) is 0 Å². The van der Waals surface area contributed by atoms with E-state index in [0.29, 0.717) is 0 Å². The third-order valence-electron chi connectivity index (χ3n) is 2.15. The van der Waals surface area contributed by atoms with E-state index in [0.717, 1.165) is 26.5 Å². The summed E-state index contributed by atoms with van der Waals surface area (Å²) in [5, 5.41) is 17.0. The highest BCUT2D eigenvalue weighted by Crippen LogP contribution is 2.27. The number of nitrogens with one attached hydrogen (secondary N) is 1. The molecular weight excluding hydrogens is 232 g/mol. The molecule has 0 saturated heterocycles. The van der Waals surface area contributed by atoms with Crippen LogP contribution in [0.5, 0.6) is 0 Å². The summed E-state index contributed by atoms with van der Waals surface area (Å²) in [7, 11) is 0. The number of fused-ring (bicyclic) bond motifs is 1. The van der Waals surface area contributed by atoms with Crippen LogP contribution in [0.3, 0.4) is 0 Å². The molecule has 0 atom stereocenters. The predicted molar refractivity (Wildman–Crippen MR) is 54.5 cm³/mol. The van der Waals surface area contributed by atoms with E-state index in [4.69, 9.17) is 5.11 Å². The number of aromatic amines is 1. The molecule has 2 N–H and O–H groups in total. The van der Waals surface area contributed by atoms with Crippen molar-refractivity contribution in [3.63, 3.8) is 0 Å². The number of halogens is 1. The van der Waals surface area contributed by atoms with E-state index in [1.807, 2.05) is 13.0 Å². The van der Waals surface area contributed by atoms with Gasteiger partial charge in [0.05, 0.1) is 18.3 Å². The van der Waals surface area contributed by atoms with Crippen molar-refractivity contribution >= 4 is 26.8 Å². The number of H-pyrrole nitrogens is 1. The summed E-state index contributed by atoms with van der Waals surface area (Å²) in [4.78, 5) is 0. The van der Waals surface area contributed by atoms with Crippen molar-refractivity contribution in [2.75, 3.05) is 0 Å². The molecule has 0 amide bonds. The zero-order valence-corrected chi connectivity index (χ0v) is 8.72. The number of hydrogen-bond donors (Lipinski definition) is 2. The minimum atomic E-state index is 0.0247. The summed E-state index contributed by atoms with van der Waals surface area (Å²) in [5.41, 5.74) is 3.00. The summed E-state index contributed by atoms with van der Waals surface area (Å²) in [6.07, 6.45) is 1.73. The predicted octanol–water partition coefficient (Wildman–Crippen LogP) is 2.13. The smallest absolute Gasteiger partial charge is 0.0700 e. The number of aliphatic hydroxyl groups is 1. The van der Waals surface area contributed by atoms with Gasteiger partial charge in [-0.15, -0.1) is 0 Å². The average Bonchev–Trinajstić information content (AvgIpc) is 2.53. The maximum absolute atomic E-state index is 9.15. The van der Waals surface area contributed by atoms with Gasteiger partial charge >= 0.3 is 0 Å². The van der Waals surface area contributed by atoms with Gasteiger partial charge in [-0.2, -0.15) is 5.10 Å². The molecule has 0 bridgehead atoms. The van der Waals surface area contributed by atoms with Gasteiger partial charge in [-0.25, -0.2) is 0 Å². The fourth-order valence-electron chi connectivity index (χ4n) is 1.45. The highest BCUT2D eigenvalue weighted by atomic mass is 79.9. The standard InChI is InChI=1S/C9H9BrN2O/c1-5-2-8(10)7(4-13)6-3-11-12-9(5)6/h2-3,13H,4H2,1H3,(H,11,12). The van der Waals surface area contributed by atoms with Crippen LogP contribution in [0.1, 0.15) is 11.1 Å². The van der Waals surface area contributed by atoms with E-state index < -0.39 is 0 Å². The lowest BCUT2D eigenvalue weighted by molar-refractivity contribution is 0.282. The van der Waals surface area contributed by atoms with Crippen LogP contribution >= 0.6 is 15.9 Å². The van der Waals surface area contributed by atoms with Crippen LogP contribution in [0.15, 0.2) is 16.7 Å². The lowest BCUT2D eigenvalue weighted by Gasteiger charge is -2.04. The molecule has 0 unspecified atom stereocenters. The Bertz CT molecular complexity index is 450. The van der Waals surface area contributed by atoms with Gasteiger partial charge in [-0.1, -0.05) is 15.9 Å². The molecular formula is C9H9BrN2O. The molecule has 0 saturated carbocycles. The molecule has 4 heteroatoms. The molecule has 0 fully saturated rings. The second kappa shape index (κ2) is 3.12. The SMILES string of the molecule is Cc1cc(Br)c(CO)c2cn[nH]c12. The van der Waals surface area contributed by atoms with Crippen molar-refractivity contribution < 1.29 is 5.11 Å². The lowest BCUT2D eigenvalue weighted by Crippen LogP contribution is -1.88. The normalized spacial score (nSPS) is 11.0. The molecule has 0 aliphatic heterocycles. The lowest BCUT2D eigenvalue weighted by atomic mass is 10.1. The molecule has 0 aliphatic carbocycles. The maximum atomic E-state index is 9.15. The second-order valence-corrected chi connectivity index (χ2v) is 3.82. The van der Waals surface area contributed by atoms with Crippen molar-refractivity contribution in [1.29, 1.82) is 0 Å². The number of hydrogen-bond acceptors (Lipinski definition) is 2. The Kier molecular flexibility index (Phi) is 2.09. The highest BCUT2D eigenvalue weighted by Gasteiger charge is 2.08. The Morgan fingerprint density at radius 1 is 1.62 bits per heavy atom. The Morgan fingerprint density at radius 2 is 2.38 bits per heavy atom. The zero-order chi connectivity index (χ0) is 9.42. The average molecular weight is 241 g/mol. The van der Waals surface area contributed by atoms with Crippen molar-refractivity contribution in [2.24, 2.45) is 0 Å². The Hall–Kier alpha value is -0.870. The van der Waals surface area contributed by atoms with Gasteiger partial charge in [0.1, 0.15) is 0 Å². The fraction of sp³-hybridized carbons (Fsp3) is 0.222. The largest absolute Gasteiger partial charge is 0.392 e. The quantitative estimate of drug-likeness (QED) is 0.803. The number of benzene rings is 1. The summed E-state index contributed by atoms with van der Waals surface area (Å²) in [6, 6.07) is 1.98. The first-order valence-electron chi connectivity index (χ1n) is 3.96.